The number of likely N-dealkylation sites (N-methyl/N-ethyl adjacent to an activating group) is 1. The molecule has 1 saturated heterocycles. The largest absolute Gasteiger partial charge is 0.315 e. The normalized spacial score (nSPS) is 25.9. The maximum absolute atomic E-state index is 3.43. The van der Waals surface area contributed by atoms with Crippen LogP contribution in [0.3, 0.4) is 0 Å². The Morgan fingerprint density at radius 1 is 1.36 bits per heavy atom. The molecule has 2 atom stereocenters. The fraction of sp³-hybridized carbons (Fsp3) is 1.00. The van der Waals surface area contributed by atoms with Crippen molar-refractivity contribution in [2.45, 2.75) is 40.2 Å². The minimum atomic E-state index is 0.707. The van der Waals surface area contributed by atoms with Gasteiger partial charge in [0.25, 0.3) is 0 Å². The van der Waals surface area contributed by atoms with Crippen LogP contribution in [-0.4, -0.2) is 37.1 Å². The van der Waals surface area contributed by atoms with E-state index in [2.05, 4.69) is 37.9 Å². The maximum atomic E-state index is 3.43. The lowest BCUT2D eigenvalue weighted by Crippen LogP contribution is -2.39. The Morgan fingerprint density at radius 3 is 2.57 bits per heavy atom. The third kappa shape index (κ3) is 3.25. The van der Waals surface area contributed by atoms with Gasteiger partial charge in [0.05, 0.1) is 0 Å². The summed E-state index contributed by atoms with van der Waals surface area (Å²) in [5.74, 6) is 1.78. The molecular weight excluding hydrogens is 172 g/mol. The average Bonchev–Trinajstić information content (AvgIpc) is 2.62. The zero-order valence-electron chi connectivity index (χ0n) is 10.2. The minimum absolute atomic E-state index is 0.707. The van der Waals surface area contributed by atoms with E-state index in [0.717, 1.165) is 24.9 Å². The first-order chi connectivity index (χ1) is 6.65. The van der Waals surface area contributed by atoms with E-state index in [0.29, 0.717) is 6.04 Å². The Balaban J connectivity index is 2.26. The van der Waals surface area contributed by atoms with Crippen LogP contribution in [0.15, 0.2) is 0 Å². The predicted molar refractivity (Wildman–Crippen MR) is 62.5 cm³/mol. The van der Waals surface area contributed by atoms with Crippen molar-refractivity contribution < 1.29 is 0 Å². The lowest BCUT2D eigenvalue weighted by atomic mass is 9.95. The van der Waals surface area contributed by atoms with Gasteiger partial charge in [0, 0.05) is 19.1 Å². The molecule has 2 unspecified atom stereocenters. The number of rotatable bonds is 5. The summed E-state index contributed by atoms with van der Waals surface area (Å²) in [6.07, 6.45) is 1.40. The van der Waals surface area contributed by atoms with Gasteiger partial charge in [0.2, 0.25) is 0 Å². The van der Waals surface area contributed by atoms with Gasteiger partial charge in [0.1, 0.15) is 0 Å². The first kappa shape index (κ1) is 12.0. The smallest absolute Gasteiger partial charge is 0.0192 e. The second kappa shape index (κ2) is 5.72. The van der Waals surface area contributed by atoms with E-state index in [9.17, 15) is 0 Å². The Hall–Kier alpha value is -0.0800. The molecule has 1 N–H and O–H groups in total. The molecule has 0 saturated carbocycles. The molecule has 1 fully saturated rings. The number of nitrogens with one attached hydrogen (secondary N) is 1. The molecule has 2 nitrogen and oxygen atoms in total. The first-order valence-corrected chi connectivity index (χ1v) is 6.09. The van der Waals surface area contributed by atoms with Gasteiger partial charge in [-0.1, -0.05) is 20.8 Å². The van der Waals surface area contributed by atoms with Gasteiger partial charge in [0.15, 0.2) is 0 Å². The third-order valence-corrected chi connectivity index (χ3v) is 3.51. The van der Waals surface area contributed by atoms with E-state index in [1.165, 1.54) is 19.5 Å². The van der Waals surface area contributed by atoms with E-state index >= 15 is 0 Å². The van der Waals surface area contributed by atoms with Crippen LogP contribution < -0.4 is 5.32 Å². The molecule has 0 bridgehead atoms. The average molecular weight is 198 g/mol. The monoisotopic (exact) mass is 198 g/mol. The molecule has 1 aliphatic heterocycles. The molecule has 0 radical (unpaired) electrons. The summed E-state index contributed by atoms with van der Waals surface area (Å²) in [5.41, 5.74) is 0. The van der Waals surface area contributed by atoms with Crippen molar-refractivity contribution in [1.82, 2.24) is 10.2 Å². The second-order valence-corrected chi connectivity index (χ2v) is 4.94. The van der Waals surface area contributed by atoms with Crippen LogP contribution in [-0.2, 0) is 0 Å². The van der Waals surface area contributed by atoms with Crippen molar-refractivity contribution >= 4 is 0 Å². The number of likely N-dealkylation sites (tertiary alicyclic amines) is 1. The molecular formula is C12H26N2. The summed E-state index contributed by atoms with van der Waals surface area (Å²) in [5, 5.41) is 3.43. The molecule has 14 heavy (non-hydrogen) atoms. The van der Waals surface area contributed by atoms with Crippen LogP contribution in [0, 0.1) is 11.8 Å². The maximum Gasteiger partial charge on any atom is 0.0192 e. The van der Waals surface area contributed by atoms with Crippen molar-refractivity contribution in [3.63, 3.8) is 0 Å². The van der Waals surface area contributed by atoms with Gasteiger partial charge in [-0.25, -0.2) is 0 Å². The van der Waals surface area contributed by atoms with Gasteiger partial charge in [-0.05, 0) is 38.3 Å². The molecule has 0 spiro atoms. The van der Waals surface area contributed by atoms with Gasteiger partial charge in [-0.2, -0.15) is 0 Å². The van der Waals surface area contributed by atoms with Gasteiger partial charge in [-0.3, -0.25) is 4.90 Å². The number of hydrogen-bond donors (Lipinski definition) is 1. The summed E-state index contributed by atoms with van der Waals surface area (Å²) in [6.45, 7) is 14.1. The van der Waals surface area contributed by atoms with Crippen molar-refractivity contribution in [3.05, 3.63) is 0 Å². The predicted octanol–water partition coefficient (Wildman–Crippen LogP) is 1.96. The molecule has 0 aliphatic carbocycles. The Kier molecular flexibility index (Phi) is 4.90. The van der Waals surface area contributed by atoms with E-state index in [4.69, 9.17) is 0 Å². The molecule has 1 heterocycles. The molecule has 0 aromatic rings. The number of nitrogens with zero attached hydrogens (tertiary/aromatic N) is 1. The summed E-state index contributed by atoms with van der Waals surface area (Å²) in [6, 6.07) is 0.707. The highest BCUT2D eigenvalue weighted by atomic mass is 15.2. The molecule has 0 amide bonds. The SMILES string of the molecule is CCNCC(C)N1CCC(C(C)C)C1. The van der Waals surface area contributed by atoms with E-state index in [1.807, 2.05) is 0 Å². The van der Waals surface area contributed by atoms with Crippen LogP contribution in [0.1, 0.15) is 34.1 Å². The fourth-order valence-electron chi connectivity index (χ4n) is 2.24. The van der Waals surface area contributed by atoms with Crippen molar-refractivity contribution in [1.29, 1.82) is 0 Å². The molecule has 2 heteroatoms. The van der Waals surface area contributed by atoms with Crippen LogP contribution in [0.25, 0.3) is 0 Å². The van der Waals surface area contributed by atoms with Crippen molar-refractivity contribution in [3.8, 4) is 0 Å². The highest BCUT2D eigenvalue weighted by Gasteiger charge is 2.27. The van der Waals surface area contributed by atoms with E-state index in [1.54, 1.807) is 0 Å². The summed E-state index contributed by atoms with van der Waals surface area (Å²) in [7, 11) is 0. The zero-order valence-corrected chi connectivity index (χ0v) is 10.2. The highest BCUT2D eigenvalue weighted by Crippen LogP contribution is 2.24. The fourth-order valence-corrected chi connectivity index (χ4v) is 2.24. The van der Waals surface area contributed by atoms with Crippen LogP contribution in [0.2, 0.25) is 0 Å². The number of hydrogen-bond acceptors (Lipinski definition) is 2. The van der Waals surface area contributed by atoms with E-state index < -0.39 is 0 Å². The van der Waals surface area contributed by atoms with Crippen LogP contribution >= 0.6 is 0 Å². The minimum Gasteiger partial charge on any atom is -0.315 e. The summed E-state index contributed by atoms with van der Waals surface area (Å²) in [4.78, 5) is 2.63. The third-order valence-electron chi connectivity index (χ3n) is 3.51. The van der Waals surface area contributed by atoms with E-state index in [-0.39, 0.29) is 0 Å². The summed E-state index contributed by atoms with van der Waals surface area (Å²) >= 11 is 0. The standard InChI is InChI=1S/C12H26N2/c1-5-13-8-11(4)14-7-6-12(9-14)10(2)3/h10-13H,5-9H2,1-4H3. The van der Waals surface area contributed by atoms with Gasteiger partial charge < -0.3 is 5.32 Å². The quantitative estimate of drug-likeness (QED) is 0.726. The molecule has 0 aromatic carbocycles. The Bertz CT molecular complexity index is 156. The lowest BCUT2D eigenvalue weighted by molar-refractivity contribution is 0.234. The second-order valence-electron chi connectivity index (χ2n) is 4.94. The molecule has 1 rings (SSSR count). The first-order valence-electron chi connectivity index (χ1n) is 6.09. The summed E-state index contributed by atoms with van der Waals surface area (Å²) < 4.78 is 0. The Morgan fingerprint density at radius 2 is 2.07 bits per heavy atom. The zero-order chi connectivity index (χ0) is 10.6. The topological polar surface area (TPSA) is 15.3 Å². The van der Waals surface area contributed by atoms with Gasteiger partial charge in [-0.15, -0.1) is 0 Å². The highest BCUT2D eigenvalue weighted by molar-refractivity contribution is 4.81. The van der Waals surface area contributed by atoms with Gasteiger partial charge >= 0.3 is 0 Å². The van der Waals surface area contributed by atoms with Crippen LogP contribution in [0.4, 0.5) is 0 Å². The lowest BCUT2D eigenvalue weighted by Gasteiger charge is -2.25. The molecule has 0 aromatic heterocycles. The van der Waals surface area contributed by atoms with Crippen LogP contribution in [0.5, 0.6) is 0 Å². The Labute approximate surface area is 89.1 Å². The molecule has 84 valence electrons. The molecule has 1 aliphatic rings. The van der Waals surface area contributed by atoms with Crippen molar-refractivity contribution in [2.24, 2.45) is 11.8 Å². The van der Waals surface area contributed by atoms with Crippen molar-refractivity contribution in [2.75, 3.05) is 26.2 Å².